The number of urea groups is 1. The Morgan fingerprint density at radius 2 is 1.95 bits per heavy atom. The Balaban J connectivity index is 2.25. The molecule has 20 heavy (non-hydrogen) atoms. The first-order chi connectivity index (χ1) is 9.54. The van der Waals surface area contributed by atoms with Crippen molar-refractivity contribution in [2.75, 3.05) is 24.6 Å². The van der Waals surface area contributed by atoms with Gasteiger partial charge in [-0.3, -0.25) is 9.00 Å². The molecular formula is C13H24N2O4S. The molecule has 0 aromatic carbocycles. The fourth-order valence-corrected chi connectivity index (χ4v) is 3.10. The van der Waals surface area contributed by atoms with Crippen LogP contribution in [0.1, 0.15) is 32.6 Å². The lowest BCUT2D eigenvalue weighted by Gasteiger charge is -2.28. The number of nitrogens with one attached hydrogen (secondary N) is 2. The number of hydrogen-bond acceptors (Lipinski definition) is 3. The van der Waals surface area contributed by atoms with Gasteiger partial charge in [0.1, 0.15) is 0 Å². The van der Waals surface area contributed by atoms with E-state index in [1.807, 2.05) is 6.92 Å². The van der Waals surface area contributed by atoms with Gasteiger partial charge in [-0.1, -0.05) is 19.8 Å². The lowest BCUT2D eigenvalue weighted by molar-refractivity contribution is -0.144. The van der Waals surface area contributed by atoms with Crippen molar-refractivity contribution in [3.63, 3.8) is 0 Å². The average molecular weight is 304 g/mol. The zero-order chi connectivity index (χ0) is 15.0. The summed E-state index contributed by atoms with van der Waals surface area (Å²) in [6.07, 6.45) is 3.51. The van der Waals surface area contributed by atoms with Crippen LogP contribution in [0.2, 0.25) is 0 Å². The summed E-state index contributed by atoms with van der Waals surface area (Å²) >= 11 is 0. The zero-order valence-electron chi connectivity index (χ0n) is 11.9. The monoisotopic (exact) mass is 304 g/mol. The summed E-state index contributed by atoms with van der Waals surface area (Å²) < 4.78 is 11.2. The molecule has 0 aromatic heterocycles. The lowest BCUT2D eigenvalue weighted by atomic mass is 9.79. The van der Waals surface area contributed by atoms with Crippen LogP contribution in [0.15, 0.2) is 0 Å². The lowest BCUT2D eigenvalue weighted by Crippen LogP contribution is -2.42. The van der Waals surface area contributed by atoms with Gasteiger partial charge in [0, 0.05) is 35.4 Å². The van der Waals surface area contributed by atoms with E-state index in [9.17, 15) is 13.8 Å². The minimum atomic E-state index is -0.884. The molecule has 0 spiro atoms. The van der Waals surface area contributed by atoms with Crippen LogP contribution in [0.25, 0.3) is 0 Å². The van der Waals surface area contributed by atoms with Gasteiger partial charge in [-0.15, -0.1) is 0 Å². The Labute approximate surface area is 122 Å². The Bertz CT molecular complexity index is 362. The van der Waals surface area contributed by atoms with Crippen LogP contribution in [0.3, 0.4) is 0 Å². The molecule has 0 aliphatic heterocycles. The van der Waals surface area contributed by atoms with Gasteiger partial charge in [0.15, 0.2) is 0 Å². The van der Waals surface area contributed by atoms with Crippen LogP contribution >= 0.6 is 0 Å². The van der Waals surface area contributed by atoms with E-state index in [0.717, 1.165) is 19.3 Å². The molecule has 0 aromatic rings. The minimum absolute atomic E-state index is 0.0109. The highest BCUT2D eigenvalue weighted by molar-refractivity contribution is 7.84. The molecule has 1 aliphatic carbocycles. The van der Waals surface area contributed by atoms with Gasteiger partial charge in [0.25, 0.3) is 0 Å². The number of rotatable bonds is 7. The van der Waals surface area contributed by atoms with E-state index >= 15 is 0 Å². The van der Waals surface area contributed by atoms with Crippen LogP contribution in [-0.2, 0) is 15.6 Å². The third-order valence-corrected chi connectivity index (χ3v) is 4.99. The SMILES string of the molecule is CCS(=O)CCNC(=O)NCC1CCCCC1C(=O)O. The summed E-state index contributed by atoms with van der Waals surface area (Å²) in [4.78, 5) is 22.7. The zero-order valence-corrected chi connectivity index (χ0v) is 12.7. The molecule has 1 saturated carbocycles. The molecule has 3 unspecified atom stereocenters. The molecule has 0 heterocycles. The standard InChI is InChI=1S/C13H24N2O4S/c1-2-20(19)8-7-14-13(18)15-9-10-5-3-4-6-11(10)12(16)17/h10-11H,2-9H2,1H3,(H,16,17)(H2,14,15,18). The minimum Gasteiger partial charge on any atom is -0.481 e. The first-order valence-corrected chi connectivity index (χ1v) is 8.62. The smallest absolute Gasteiger partial charge is 0.314 e. The molecule has 0 radical (unpaired) electrons. The van der Waals surface area contributed by atoms with Crippen LogP contribution in [0.5, 0.6) is 0 Å². The van der Waals surface area contributed by atoms with Crippen molar-refractivity contribution in [3.8, 4) is 0 Å². The van der Waals surface area contributed by atoms with Gasteiger partial charge in [0.2, 0.25) is 0 Å². The molecule has 3 N–H and O–H groups in total. The van der Waals surface area contributed by atoms with Crippen LogP contribution < -0.4 is 10.6 Å². The van der Waals surface area contributed by atoms with Crippen molar-refractivity contribution in [2.45, 2.75) is 32.6 Å². The second-order valence-corrected chi connectivity index (χ2v) is 6.92. The molecule has 7 heteroatoms. The number of carbonyl (C=O) groups is 2. The molecule has 3 atom stereocenters. The molecular weight excluding hydrogens is 280 g/mol. The molecule has 116 valence electrons. The molecule has 1 rings (SSSR count). The van der Waals surface area contributed by atoms with Gasteiger partial charge >= 0.3 is 12.0 Å². The Morgan fingerprint density at radius 3 is 2.60 bits per heavy atom. The average Bonchev–Trinajstić information content (AvgIpc) is 2.45. The number of carboxylic acids is 1. The Morgan fingerprint density at radius 1 is 1.25 bits per heavy atom. The van der Waals surface area contributed by atoms with Crippen LogP contribution in [-0.4, -0.2) is 45.9 Å². The van der Waals surface area contributed by atoms with E-state index in [1.165, 1.54) is 0 Å². The van der Waals surface area contributed by atoms with Crippen molar-refractivity contribution in [1.29, 1.82) is 0 Å². The summed E-state index contributed by atoms with van der Waals surface area (Å²) in [5, 5.41) is 14.5. The highest BCUT2D eigenvalue weighted by Crippen LogP contribution is 2.29. The fraction of sp³-hybridized carbons (Fsp3) is 0.846. The highest BCUT2D eigenvalue weighted by Gasteiger charge is 2.30. The number of hydrogen-bond donors (Lipinski definition) is 3. The molecule has 1 fully saturated rings. The molecule has 0 saturated heterocycles. The van der Waals surface area contributed by atoms with E-state index in [1.54, 1.807) is 0 Å². The Kier molecular flexibility index (Phi) is 7.58. The third kappa shape index (κ3) is 5.90. The first-order valence-electron chi connectivity index (χ1n) is 7.14. The van der Waals surface area contributed by atoms with Crippen molar-refractivity contribution < 1.29 is 18.9 Å². The predicted octanol–water partition coefficient (Wildman–Crippen LogP) is 0.945. The van der Waals surface area contributed by atoms with Gasteiger partial charge in [-0.25, -0.2) is 4.79 Å². The van der Waals surface area contributed by atoms with E-state index in [4.69, 9.17) is 5.11 Å². The van der Waals surface area contributed by atoms with Crippen molar-refractivity contribution >= 4 is 22.8 Å². The quantitative estimate of drug-likeness (QED) is 0.652. The summed E-state index contributed by atoms with van der Waals surface area (Å²) in [5.41, 5.74) is 0. The van der Waals surface area contributed by atoms with Crippen molar-refractivity contribution in [3.05, 3.63) is 0 Å². The second-order valence-electron chi connectivity index (χ2n) is 5.06. The molecule has 1 aliphatic rings. The summed E-state index contributed by atoms with van der Waals surface area (Å²) in [6, 6.07) is -0.312. The predicted molar refractivity (Wildman–Crippen MR) is 78.0 cm³/mol. The molecule has 6 nitrogen and oxygen atoms in total. The molecule has 2 amide bonds. The normalized spacial score (nSPS) is 23.9. The largest absolute Gasteiger partial charge is 0.481 e. The highest BCUT2D eigenvalue weighted by atomic mass is 32.2. The maximum atomic E-state index is 11.6. The van der Waals surface area contributed by atoms with E-state index < -0.39 is 16.8 Å². The van der Waals surface area contributed by atoms with Gasteiger partial charge < -0.3 is 15.7 Å². The Hall–Kier alpha value is -1.11. The van der Waals surface area contributed by atoms with Crippen molar-refractivity contribution in [2.24, 2.45) is 11.8 Å². The third-order valence-electron chi connectivity index (χ3n) is 3.69. The fourth-order valence-electron chi connectivity index (χ4n) is 2.49. The topological polar surface area (TPSA) is 95.5 Å². The number of carbonyl (C=O) groups excluding carboxylic acids is 1. The summed E-state index contributed by atoms with van der Waals surface area (Å²) in [6.45, 7) is 2.60. The second kappa shape index (κ2) is 8.94. The number of aliphatic carboxylic acids is 1. The van der Waals surface area contributed by atoms with E-state index in [0.29, 0.717) is 31.0 Å². The van der Waals surface area contributed by atoms with Gasteiger partial charge in [0.05, 0.1) is 5.92 Å². The van der Waals surface area contributed by atoms with Crippen LogP contribution in [0.4, 0.5) is 4.79 Å². The summed E-state index contributed by atoms with van der Waals surface area (Å²) in [5.74, 6) is -0.0693. The maximum Gasteiger partial charge on any atom is 0.314 e. The van der Waals surface area contributed by atoms with Gasteiger partial charge in [-0.2, -0.15) is 0 Å². The maximum absolute atomic E-state index is 11.6. The van der Waals surface area contributed by atoms with E-state index in [2.05, 4.69) is 10.6 Å². The van der Waals surface area contributed by atoms with Crippen LogP contribution in [0, 0.1) is 11.8 Å². The van der Waals surface area contributed by atoms with Crippen molar-refractivity contribution in [1.82, 2.24) is 10.6 Å². The first kappa shape index (κ1) is 16.9. The van der Waals surface area contributed by atoms with E-state index in [-0.39, 0.29) is 17.9 Å². The molecule has 0 bridgehead atoms. The number of amides is 2. The van der Waals surface area contributed by atoms with Gasteiger partial charge in [-0.05, 0) is 18.8 Å². The summed E-state index contributed by atoms with van der Waals surface area (Å²) in [7, 11) is -0.884. The number of carboxylic acid groups (broad SMARTS) is 1.